The zero-order valence-electron chi connectivity index (χ0n) is 12.0. The number of ether oxygens (including phenoxy) is 1. The molecule has 0 aliphatic carbocycles. The summed E-state index contributed by atoms with van der Waals surface area (Å²) >= 11 is 3.42. The van der Waals surface area contributed by atoms with Crippen LogP contribution in [0.4, 0.5) is 0 Å². The molecule has 0 aliphatic rings. The lowest BCUT2D eigenvalue weighted by atomic mass is 9.96. The van der Waals surface area contributed by atoms with Gasteiger partial charge in [0.2, 0.25) is 0 Å². The van der Waals surface area contributed by atoms with Gasteiger partial charge in [0, 0.05) is 16.8 Å². The summed E-state index contributed by atoms with van der Waals surface area (Å²) in [6.07, 6.45) is 1.72. The molecule has 19 heavy (non-hydrogen) atoms. The zero-order chi connectivity index (χ0) is 14.3. The maximum absolute atomic E-state index is 11.8. The summed E-state index contributed by atoms with van der Waals surface area (Å²) in [5, 5.41) is 5.27. The first-order chi connectivity index (χ1) is 9.01. The summed E-state index contributed by atoms with van der Waals surface area (Å²) in [5.41, 5.74) is 0.489. The van der Waals surface area contributed by atoms with Crippen molar-refractivity contribution in [3.63, 3.8) is 0 Å². The highest BCUT2D eigenvalue weighted by atomic mass is 32.2. The molecule has 108 valence electrons. The average molecular weight is 302 g/mol. The molecule has 0 saturated carbocycles. The number of carbonyl (C=O) groups is 1. The number of likely N-dealkylation sites (N-methyl/N-ethyl adjacent to an activating group) is 1. The van der Waals surface area contributed by atoms with Crippen molar-refractivity contribution in [2.45, 2.75) is 43.5 Å². The number of rotatable bonds is 8. The fourth-order valence-electron chi connectivity index (χ4n) is 1.86. The molecule has 1 aromatic rings. The van der Waals surface area contributed by atoms with Gasteiger partial charge in [-0.05, 0) is 33.2 Å². The molecule has 1 unspecified atom stereocenters. The van der Waals surface area contributed by atoms with Crippen LogP contribution in [0.5, 0.6) is 0 Å². The van der Waals surface area contributed by atoms with E-state index in [0.717, 1.165) is 35.2 Å². The Bertz CT molecular complexity index is 409. The van der Waals surface area contributed by atoms with Crippen molar-refractivity contribution >= 4 is 29.1 Å². The highest BCUT2D eigenvalue weighted by molar-refractivity contribution is 8.00. The summed E-state index contributed by atoms with van der Waals surface area (Å²) in [5.74, 6) is 0.773. The van der Waals surface area contributed by atoms with E-state index in [1.165, 1.54) is 7.11 Å². The number of nitrogens with one attached hydrogen (secondary N) is 1. The number of hydrogen-bond acceptors (Lipinski definition) is 6. The van der Waals surface area contributed by atoms with Gasteiger partial charge in [0.15, 0.2) is 0 Å². The molecular formula is C13H22N2O2S2. The maximum Gasteiger partial charge on any atom is 0.325 e. The third-order valence-electron chi connectivity index (χ3n) is 2.85. The number of aryl methyl sites for hydroxylation is 1. The molecular weight excluding hydrogens is 280 g/mol. The first-order valence-electron chi connectivity index (χ1n) is 6.40. The average Bonchev–Trinajstić information content (AvgIpc) is 2.80. The van der Waals surface area contributed by atoms with Crippen LogP contribution in [0.3, 0.4) is 0 Å². The van der Waals surface area contributed by atoms with E-state index in [0.29, 0.717) is 0 Å². The third kappa shape index (κ3) is 5.12. The lowest BCUT2D eigenvalue weighted by Crippen LogP contribution is -2.50. The zero-order valence-corrected chi connectivity index (χ0v) is 13.6. The molecule has 1 aromatic heterocycles. The minimum absolute atomic E-state index is 0.190. The Labute approximate surface area is 123 Å². The molecule has 0 saturated heterocycles. The summed E-state index contributed by atoms with van der Waals surface area (Å²) < 4.78 is 5.97. The predicted molar refractivity (Wildman–Crippen MR) is 80.9 cm³/mol. The number of carbonyl (C=O) groups excluding carboxylic acids is 1. The molecule has 0 amide bonds. The lowest BCUT2D eigenvalue weighted by Gasteiger charge is -2.27. The van der Waals surface area contributed by atoms with Crippen LogP contribution in [0.1, 0.15) is 32.4 Å². The van der Waals surface area contributed by atoms with Crippen LogP contribution in [0, 0.1) is 6.92 Å². The molecule has 0 bridgehead atoms. The molecule has 0 radical (unpaired) electrons. The van der Waals surface area contributed by atoms with Gasteiger partial charge in [0.05, 0.1) is 7.11 Å². The minimum atomic E-state index is -0.581. The molecule has 0 aromatic carbocycles. The fraction of sp³-hybridized carbons (Fsp3) is 0.692. The van der Waals surface area contributed by atoms with Crippen LogP contribution in [-0.2, 0) is 9.53 Å². The van der Waals surface area contributed by atoms with Gasteiger partial charge >= 0.3 is 5.97 Å². The summed E-state index contributed by atoms with van der Waals surface area (Å²) in [7, 11) is 1.44. The van der Waals surface area contributed by atoms with Gasteiger partial charge in [0.1, 0.15) is 9.88 Å². The highest BCUT2D eigenvalue weighted by Gasteiger charge is 2.32. The van der Waals surface area contributed by atoms with E-state index in [1.807, 2.05) is 20.8 Å². The van der Waals surface area contributed by atoms with Crippen LogP contribution in [-0.4, -0.2) is 35.9 Å². The predicted octanol–water partition coefficient (Wildman–Crippen LogP) is 2.87. The number of thiazole rings is 1. The summed E-state index contributed by atoms with van der Waals surface area (Å²) in [6.45, 7) is 6.65. The van der Waals surface area contributed by atoms with Crippen LogP contribution in [0.2, 0.25) is 0 Å². The van der Waals surface area contributed by atoms with Crippen LogP contribution in [0.25, 0.3) is 0 Å². The smallest absolute Gasteiger partial charge is 0.325 e. The van der Waals surface area contributed by atoms with E-state index in [4.69, 9.17) is 4.74 Å². The van der Waals surface area contributed by atoms with E-state index < -0.39 is 5.54 Å². The lowest BCUT2D eigenvalue weighted by molar-refractivity contribution is -0.148. The van der Waals surface area contributed by atoms with Crippen molar-refractivity contribution in [1.82, 2.24) is 10.3 Å². The molecule has 1 atom stereocenters. The Morgan fingerprint density at radius 1 is 1.63 bits per heavy atom. The molecule has 0 spiro atoms. The molecule has 6 heteroatoms. The van der Waals surface area contributed by atoms with E-state index in [-0.39, 0.29) is 5.97 Å². The Morgan fingerprint density at radius 3 is 2.89 bits per heavy atom. The summed E-state index contributed by atoms with van der Waals surface area (Å²) in [6, 6.07) is 0. The van der Waals surface area contributed by atoms with E-state index in [9.17, 15) is 4.79 Å². The summed E-state index contributed by atoms with van der Waals surface area (Å²) in [4.78, 5) is 16.2. The van der Waals surface area contributed by atoms with E-state index in [2.05, 4.69) is 15.7 Å². The van der Waals surface area contributed by atoms with Crippen LogP contribution >= 0.6 is 23.1 Å². The van der Waals surface area contributed by atoms with Crippen LogP contribution < -0.4 is 5.32 Å². The molecule has 4 nitrogen and oxygen atoms in total. The van der Waals surface area contributed by atoms with Crippen molar-refractivity contribution in [1.29, 1.82) is 0 Å². The molecule has 1 N–H and O–H groups in total. The number of methoxy groups -OCH3 is 1. The van der Waals surface area contributed by atoms with Gasteiger partial charge in [-0.2, -0.15) is 0 Å². The van der Waals surface area contributed by atoms with Crippen molar-refractivity contribution in [3.8, 4) is 0 Å². The molecule has 1 rings (SSSR count). The van der Waals surface area contributed by atoms with Gasteiger partial charge in [-0.15, -0.1) is 11.3 Å². The maximum atomic E-state index is 11.8. The third-order valence-corrected chi connectivity index (χ3v) is 5.07. The number of nitrogens with zero attached hydrogens (tertiary/aromatic N) is 1. The van der Waals surface area contributed by atoms with Gasteiger partial charge < -0.3 is 10.1 Å². The molecule has 0 fully saturated rings. The Morgan fingerprint density at radius 2 is 2.37 bits per heavy atom. The van der Waals surface area contributed by atoms with Gasteiger partial charge in [0.25, 0.3) is 0 Å². The minimum Gasteiger partial charge on any atom is -0.468 e. The van der Waals surface area contributed by atoms with Gasteiger partial charge in [-0.3, -0.25) is 4.79 Å². The van der Waals surface area contributed by atoms with E-state index >= 15 is 0 Å². The second-order valence-corrected chi connectivity index (χ2v) is 6.76. The van der Waals surface area contributed by atoms with E-state index in [1.54, 1.807) is 23.1 Å². The van der Waals surface area contributed by atoms with Crippen molar-refractivity contribution < 1.29 is 9.53 Å². The normalized spacial score (nSPS) is 14.1. The van der Waals surface area contributed by atoms with Crippen LogP contribution in [0.15, 0.2) is 9.72 Å². The fourth-order valence-corrected chi connectivity index (χ4v) is 3.72. The van der Waals surface area contributed by atoms with Crippen molar-refractivity contribution in [3.05, 3.63) is 11.1 Å². The number of aromatic nitrogens is 1. The first-order valence-corrected chi connectivity index (χ1v) is 8.26. The van der Waals surface area contributed by atoms with Gasteiger partial charge in [-0.1, -0.05) is 18.7 Å². The monoisotopic (exact) mass is 302 g/mol. The quantitative estimate of drug-likeness (QED) is 0.454. The van der Waals surface area contributed by atoms with Crippen molar-refractivity contribution in [2.75, 3.05) is 19.4 Å². The largest absolute Gasteiger partial charge is 0.468 e. The molecule has 1 heterocycles. The first kappa shape index (κ1) is 16.5. The number of hydrogen-bond donors (Lipinski definition) is 1. The second-order valence-electron chi connectivity index (χ2n) is 4.56. The second kappa shape index (κ2) is 7.87. The Kier molecular flexibility index (Phi) is 6.82. The Balaban J connectivity index is 2.38. The standard InChI is InChI=1S/C13H22N2O2S2/c1-5-14-13(3,11(16)17-4)7-6-8-18-12-15-10(2)9-19-12/h9,14H,5-8H2,1-4H3. The number of thioether (sulfide) groups is 1. The molecule has 0 aliphatic heterocycles. The van der Waals surface area contributed by atoms with Crippen molar-refractivity contribution in [2.24, 2.45) is 0 Å². The highest BCUT2D eigenvalue weighted by Crippen LogP contribution is 2.25. The van der Waals surface area contributed by atoms with Gasteiger partial charge in [-0.25, -0.2) is 4.98 Å². The Hall–Kier alpha value is -0.590. The topological polar surface area (TPSA) is 51.2 Å². The SMILES string of the molecule is CCNC(C)(CCCSc1nc(C)cs1)C(=O)OC. The number of esters is 1.